The molecule has 10 heteroatoms. The Morgan fingerprint density at radius 3 is 2.72 bits per heavy atom. The third kappa shape index (κ3) is 5.42. The Morgan fingerprint density at radius 2 is 2.00 bits per heavy atom. The van der Waals surface area contributed by atoms with Gasteiger partial charge in [-0.05, 0) is 30.7 Å². The molecule has 3 rings (SSSR count). The van der Waals surface area contributed by atoms with Gasteiger partial charge >= 0.3 is 0 Å². The van der Waals surface area contributed by atoms with E-state index >= 15 is 0 Å². The standard InChI is InChI=1S/C19H20ClF2N3O3S/c1-29(27,28)15-5-2-4-14(11-15)24-18(26)16-10-13(20)12-23-17(16)25-8-3-6-19(21,22)7-9-25/h2,4-5,10-12H,3,6-9H2,1H3,(H,24,26). The summed E-state index contributed by atoms with van der Waals surface area (Å²) in [6.07, 6.45) is 2.17. The Hall–Kier alpha value is -2.26. The van der Waals surface area contributed by atoms with Crippen LogP contribution in [0.2, 0.25) is 5.02 Å². The Labute approximate surface area is 172 Å². The van der Waals surface area contributed by atoms with Crippen molar-refractivity contribution in [2.75, 3.05) is 29.6 Å². The average Bonchev–Trinajstić information content (AvgIpc) is 2.82. The summed E-state index contributed by atoms with van der Waals surface area (Å²) in [6, 6.07) is 7.26. The third-order valence-electron chi connectivity index (χ3n) is 4.62. The van der Waals surface area contributed by atoms with E-state index in [2.05, 4.69) is 10.3 Å². The topological polar surface area (TPSA) is 79.4 Å². The van der Waals surface area contributed by atoms with Gasteiger partial charge in [-0.25, -0.2) is 22.2 Å². The predicted molar refractivity (Wildman–Crippen MR) is 108 cm³/mol. The lowest BCUT2D eigenvalue weighted by Gasteiger charge is -2.24. The molecule has 1 aliphatic heterocycles. The van der Waals surface area contributed by atoms with Crippen LogP contribution >= 0.6 is 11.6 Å². The molecule has 0 atom stereocenters. The quantitative estimate of drug-likeness (QED) is 0.772. The van der Waals surface area contributed by atoms with Crippen molar-refractivity contribution >= 4 is 38.9 Å². The van der Waals surface area contributed by atoms with Crippen molar-refractivity contribution in [2.24, 2.45) is 0 Å². The molecule has 1 saturated heterocycles. The van der Waals surface area contributed by atoms with Crippen molar-refractivity contribution in [1.29, 1.82) is 0 Å². The number of rotatable bonds is 4. The number of alkyl halides is 2. The lowest BCUT2D eigenvalue weighted by molar-refractivity contribution is -0.0102. The van der Waals surface area contributed by atoms with Gasteiger partial charge in [0, 0.05) is 44.1 Å². The molecule has 156 valence electrons. The number of anilines is 2. The second-order valence-electron chi connectivity index (χ2n) is 6.98. The monoisotopic (exact) mass is 443 g/mol. The first-order chi connectivity index (χ1) is 13.5. The average molecular weight is 444 g/mol. The van der Waals surface area contributed by atoms with E-state index in [1.165, 1.54) is 30.5 Å². The summed E-state index contributed by atoms with van der Waals surface area (Å²) in [4.78, 5) is 18.8. The fraction of sp³-hybridized carbons (Fsp3) is 0.368. The summed E-state index contributed by atoms with van der Waals surface area (Å²) in [6.45, 7) is 0.402. The summed E-state index contributed by atoms with van der Waals surface area (Å²) < 4.78 is 50.8. The van der Waals surface area contributed by atoms with E-state index in [0.29, 0.717) is 6.54 Å². The largest absolute Gasteiger partial charge is 0.356 e. The van der Waals surface area contributed by atoms with E-state index < -0.39 is 21.7 Å². The van der Waals surface area contributed by atoms with Gasteiger partial charge in [-0.2, -0.15) is 0 Å². The number of carbonyl (C=O) groups excluding carboxylic acids is 1. The van der Waals surface area contributed by atoms with Gasteiger partial charge in [-0.3, -0.25) is 4.79 Å². The van der Waals surface area contributed by atoms with Crippen molar-refractivity contribution in [3.8, 4) is 0 Å². The number of halogens is 3. The first-order valence-corrected chi connectivity index (χ1v) is 11.2. The predicted octanol–water partition coefficient (Wildman–Crippen LogP) is 4.02. The van der Waals surface area contributed by atoms with E-state index in [1.54, 1.807) is 11.0 Å². The van der Waals surface area contributed by atoms with Crippen LogP contribution in [-0.4, -0.2) is 44.6 Å². The molecule has 29 heavy (non-hydrogen) atoms. The van der Waals surface area contributed by atoms with Crippen LogP contribution in [0.4, 0.5) is 20.3 Å². The van der Waals surface area contributed by atoms with E-state index in [1.807, 2.05) is 0 Å². The number of nitrogens with zero attached hydrogens (tertiary/aromatic N) is 2. The molecule has 1 aromatic carbocycles. The maximum absolute atomic E-state index is 13.7. The molecule has 0 spiro atoms. The first kappa shape index (κ1) is 21.4. The molecule has 0 bridgehead atoms. The number of aromatic nitrogens is 1. The molecule has 1 N–H and O–H groups in total. The summed E-state index contributed by atoms with van der Waals surface area (Å²) in [7, 11) is -3.44. The van der Waals surface area contributed by atoms with Gasteiger partial charge in [0.2, 0.25) is 5.92 Å². The van der Waals surface area contributed by atoms with E-state index in [-0.39, 0.29) is 52.8 Å². The van der Waals surface area contributed by atoms with Crippen molar-refractivity contribution in [3.05, 3.63) is 47.1 Å². The maximum atomic E-state index is 13.7. The molecule has 2 aromatic rings. The van der Waals surface area contributed by atoms with Crippen LogP contribution in [0.5, 0.6) is 0 Å². The molecule has 0 saturated carbocycles. The number of hydrogen-bond donors (Lipinski definition) is 1. The number of benzene rings is 1. The van der Waals surface area contributed by atoms with Crippen molar-refractivity contribution in [2.45, 2.75) is 30.1 Å². The SMILES string of the molecule is CS(=O)(=O)c1cccc(NC(=O)c2cc(Cl)cnc2N2CCCC(F)(F)CC2)c1. The highest BCUT2D eigenvalue weighted by Crippen LogP contribution is 2.31. The molecule has 2 heterocycles. The zero-order valence-corrected chi connectivity index (χ0v) is 17.2. The molecule has 1 fully saturated rings. The Balaban J connectivity index is 1.89. The van der Waals surface area contributed by atoms with Gasteiger partial charge in [0.15, 0.2) is 9.84 Å². The molecule has 0 radical (unpaired) electrons. The summed E-state index contributed by atoms with van der Waals surface area (Å²) in [5.74, 6) is -3.03. The highest BCUT2D eigenvalue weighted by Gasteiger charge is 2.33. The van der Waals surface area contributed by atoms with Crippen LogP contribution in [0.1, 0.15) is 29.6 Å². The molecule has 1 aliphatic rings. The molecule has 1 aromatic heterocycles. The first-order valence-electron chi connectivity index (χ1n) is 8.95. The van der Waals surface area contributed by atoms with Crippen molar-refractivity contribution in [1.82, 2.24) is 4.98 Å². The second-order valence-corrected chi connectivity index (χ2v) is 9.43. The van der Waals surface area contributed by atoms with E-state index in [0.717, 1.165) is 6.26 Å². The second kappa shape index (κ2) is 8.23. The van der Waals surface area contributed by atoms with Crippen LogP contribution < -0.4 is 10.2 Å². The number of carbonyl (C=O) groups is 1. The number of nitrogens with one attached hydrogen (secondary N) is 1. The minimum atomic E-state index is -3.44. The van der Waals surface area contributed by atoms with E-state index in [9.17, 15) is 22.0 Å². The third-order valence-corrected chi connectivity index (χ3v) is 5.93. The number of pyridine rings is 1. The maximum Gasteiger partial charge on any atom is 0.259 e. The number of sulfone groups is 1. The normalized spacial score (nSPS) is 16.9. The van der Waals surface area contributed by atoms with Crippen LogP contribution in [0.3, 0.4) is 0 Å². The van der Waals surface area contributed by atoms with Gasteiger partial charge in [0.1, 0.15) is 5.82 Å². The number of amides is 1. The van der Waals surface area contributed by atoms with Crippen LogP contribution in [0, 0.1) is 0 Å². The highest BCUT2D eigenvalue weighted by molar-refractivity contribution is 7.90. The molecule has 6 nitrogen and oxygen atoms in total. The zero-order valence-electron chi connectivity index (χ0n) is 15.7. The highest BCUT2D eigenvalue weighted by atomic mass is 35.5. The van der Waals surface area contributed by atoms with Crippen molar-refractivity contribution in [3.63, 3.8) is 0 Å². The smallest absolute Gasteiger partial charge is 0.259 e. The minimum Gasteiger partial charge on any atom is -0.356 e. The Kier molecular flexibility index (Phi) is 6.09. The molecule has 0 aliphatic carbocycles. The Bertz CT molecular complexity index is 1030. The summed E-state index contributed by atoms with van der Waals surface area (Å²) in [5, 5.41) is 2.86. The minimum absolute atomic E-state index is 0.0610. The van der Waals surface area contributed by atoms with Gasteiger partial charge in [0.25, 0.3) is 5.91 Å². The molecular weight excluding hydrogens is 424 g/mol. The summed E-state index contributed by atoms with van der Waals surface area (Å²) in [5.41, 5.74) is 0.415. The summed E-state index contributed by atoms with van der Waals surface area (Å²) >= 11 is 6.01. The lowest BCUT2D eigenvalue weighted by atomic mass is 10.1. The molecule has 1 amide bonds. The lowest BCUT2D eigenvalue weighted by Crippen LogP contribution is -2.29. The zero-order chi connectivity index (χ0) is 21.2. The molecule has 0 unspecified atom stereocenters. The van der Waals surface area contributed by atoms with Gasteiger partial charge in [-0.1, -0.05) is 17.7 Å². The van der Waals surface area contributed by atoms with Crippen molar-refractivity contribution < 1.29 is 22.0 Å². The molecular formula is C19H20ClF2N3O3S. The van der Waals surface area contributed by atoms with Crippen LogP contribution in [0.15, 0.2) is 41.4 Å². The van der Waals surface area contributed by atoms with Crippen LogP contribution in [-0.2, 0) is 9.84 Å². The van der Waals surface area contributed by atoms with E-state index in [4.69, 9.17) is 11.6 Å². The fourth-order valence-corrected chi connectivity index (χ4v) is 3.95. The van der Waals surface area contributed by atoms with Gasteiger partial charge in [-0.15, -0.1) is 0 Å². The fourth-order valence-electron chi connectivity index (χ4n) is 3.13. The van der Waals surface area contributed by atoms with Gasteiger partial charge in [0.05, 0.1) is 15.5 Å². The van der Waals surface area contributed by atoms with Gasteiger partial charge < -0.3 is 10.2 Å². The number of hydrogen-bond acceptors (Lipinski definition) is 5. The van der Waals surface area contributed by atoms with Crippen LogP contribution in [0.25, 0.3) is 0 Å². The Morgan fingerprint density at radius 1 is 1.24 bits per heavy atom.